The second kappa shape index (κ2) is 4.52. The Labute approximate surface area is 110 Å². The Hall–Kier alpha value is -0.570. The minimum absolute atomic E-state index is 0.413. The molecule has 3 aliphatic rings. The van der Waals surface area contributed by atoms with Crippen LogP contribution in [0.15, 0.2) is 0 Å². The van der Waals surface area contributed by atoms with Gasteiger partial charge in [-0.15, -0.1) is 0 Å². The summed E-state index contributed by atoms with van der Waals surface area (Å²) in [7, 11) is 0. The molecule has 0 bridgehead atoms. The highest BCUT2D eigenvalue weighted by molar-refractivity contribution is 5.76. The van der Waals surface area contributed by atoms with E-state index in [0.29, 0.717) is 11.3 Å². The molecule has 3 rings (SSSR count). The van der Waals surface area contributed by atoms with Crippen LogP contribution in [-0.4, -0.2) is 37.0 Å². The van der Waals surface area contributed by atoms with Crippen molar-refractivity contribution in [1.29, 1.82) is 0 Å². The van der Waals surface area contributed by atoms with E-state index in [1.165, 1.54) is 12.8 Å². The van der Waals surface area contributed by atoms with Gasteiger partial charge in [0, 0.05) is 19.5 Å². The third-order valence-corrected chi connectivity index (χ3v) is 5.70. The molecule has 1 N–H and O–H groups in total. The number of hydrogen-bond acceptors (Lipinski definition) is 2. The number of fused-ring (bicyclic) bond motifs is 1. The van der Waals surface area contributed by atoms with E-state index in [1.54, 1.807) is 0 Å². The summed E-state index contributed by atoms with van der Waals surface area (Å²) in [6.45, 7) is 9.03. The van der Waals surface area contributed by atoms with Crippen LogP contribution in [-0.2, 0) is 4.79 Å². The number of carbonyl (C=O) groups is 1. The number of likely N-dealkylation sites (tertiary alicyclic amines) is 1. The van der Waals surface area contributed by atoms with Crippen molar-refractivity contribution in [2.24, 2.45) is 23.2 Å². The average Bonchev–Trinajstić information content (AvgIpc) is 2.78. The molecule has 3 fully saturated rings. The molecule has 0 aromatic rings. The summed E-state index contributed by atoms with van der Waals surface area (Å²) in [6, 6.07) is 0. The summed E-state index contributed by atoms with van der Waals surface area (Å²) < 4.78 is 0. The largest absolute Gasteiger partial charge is 0.342 e. The number of carbonyl (C=O) groups excluding carboxylic acids is 1. The second-order valence-electron chi connectivity index (χ2n) is 7.07. The molecule has 2 unspecified atom stereocenters. The maximum atomic E-state index is 12.2. The zero-order valence-corrected chi connectivity index (χ0v) is 11.7. The van der Waals surface area contributed by atoms with Gasteiger partial charge in [0.05, 0.1) is 0 Å². The number of rotatable bonds is 3. The van der Waals surface area contributed by atoms with Crippen LogP contribution in [0.3, 0.4) is 0 Å². The van der Waals surface area contributed by atoms with E-state index in [9.17, 15) is 4.79 Å². The standard InChI is InChI=1S/C15H26N2O/c1-15(2)12-9-17(10-13(12)15)14(18)4-3-11-5-7-16-8-6-11/h11-13,16H,3-10H2,1-2H3. The topological polar surface area (TPSA) is 32.3 Å². The van der Waals surface area contributed by atoms with Gasteiger partial charge in [0.1, 0.15) is 0 Å². The Morgan fingerprint density at radius 2 is 1.83 bits per heavy atom. The lowest BCUT2D eigenvalue weighted by atomic mass is 9.93. The quantitative estimate of drug-likeness (QED) is 0.829. The number of hydrogen-bond donors (Lipinski definition) is 1. The number of nitrogens with zero attached hydrogens (tertiary/aromatic N) is 1. The molecule has 1 saturated carbocycles. The molecular formula is C15H26N2O. The molecule has 2 heterocycles. The summed E-state index contributed by atoms with van der Waals surface area (Å²) in [5, 5.41) is 3.38. The summed E-state index contributed by atoms with van der Waals surface area (Å²) in [6.07, 6.45) is 4.40. The van der Waals surface area contributed by atoms with Crippen LogP contribution in [0.1, 0.15) is 39.5 Å². The molecule has 0 spiro atoms. The number of piperidine rings is 2. The van der Waals surface area contributed by atoms with Crippen molar-refractivity contribution in [2.75, 3.05) is 26.2 Å². The summed E-state index contributed by atoms with van der Waals surface area (Å²) in [4.78, 5) is 14.3. The summed E-state index contributed by atoms with van der Waals surface area (Å²) in [5.74, 6) is 2.78. The Morgan fingerprint density at radius 3 is 2.44 bits per heavy atom. The van der Waals surface area contributed by atoms with Gasteiger partial charge in [-0.05, 0) is 55.5 Å². The van der Waals surface area contributed by atoms with Crippen LogP contribution in [0.25, 0.3) is 0 Å². The van der Waals surface area contributed by atoms with Gasteiger partial charge in [-0.2, -0.15) is 0 Å². The van der Waals surface area contributed by atoms with E-state index >= 15 is 0 Å². The van der Waals surface area contributed by atoms with Gasteiger partial charge in [0.15, 0.2) is 0 Å². The molecule has 18 heavy (non-hydrogen) atoms. The van der Waals surface area contributed by atoms with Crippen molar-refractivity contribution >= 4 is 5.91 Å². The Bertz CT molecular complexity index is 319. The predicted molar refractivity (Wildman–Crippen MR) is 72.2 cm³/mol. The highest BCUT2D eigenvalue weighted by atomic mass is 16.2. The first-order valence-corrected chi connectivity index (χ1v) is 7.57. The van der Waals surface area contributed by atoms with Gasteiger partial charge in [0.2, 0.25) is 5.91 Å². The first-order chi connectivity index (χ1) is 8.59. The Morgan fingerprint density at radius 1 is 1.22 bits per heavy atom. The van der Waals surface area contributed by atoms with E-state index in [1.807, 2.05) is 0 Å². The van der Waals surface area contributed by atoms with Crippen molar-refractivity contribution in [3.8, 4) is 0 Å². The predicted octanol–water partition coefficient (Wildman–Crippen LogP) is 1.88. The first kappa shape index (κ1) is 12.5. The third-order valence-electron chi connectivity index (χ3n) is 5.70. The number of amides is 1. The molecular weight excluding hydrogens is 224 g/mol. The SMILES string of the molecule is CC1(C)C2CN(C(=O)CCC3CCNCC3)CC21. The van der Waals surface area contributed by atoms with Gasteiger partial charge in [-0.3, -0.25) is 4.79 Å². The molecule has 102 valence electrons. The molecule has 3 heteroatoms. The van der Waals surface area contributed by atoms with E-state index in [-0.39, 0.29) is 0 Å². The van der Waals surface area contributed by atoms with Gasteiger partial charge < -0.3 is 10.2 Å². The van der Waals surface area contributed by atoms with Gasteiger partial charge in [0.25, 0.3) is 0 Å². The van der Waals surface area contributed by atoms with E-state index < -0.39 is 0 Å². The Kier molecular flexibility index (Phi) is 3.13. The van der Waals surface area contributed by atoms with Crippen molar-refractivity contribution in [1.82, 2.24) is 10.2 Å². The lowest BCUT2D eigenvalue weighted by Crippen LogP contribution is -2.34. The Balaban J connectivity index is 1.40. The summed E-state index contributed by atoms with van der Waals surface area (Å²) in [5.41, 5.74) is 0.520. The molecule has 2 saturated heterocycles. The van der Waals surface area contributed by atoms with Gasteiger partial charge in [-0.25, -0.2) is 0 Å². The van der Waals surface area contributed by atoms with Crippen LogP contribution in [0, 0.1) is 23.2 Å². The van der Waals surface area contributed by atoms with E-state index in [4.69, 9.17) is 0 Å². The third kappa shape index (κ3) is 2.18. The van der Waals surface area contributed by atoms with Crippen LogP contribution in [0.5, 0.6) is 0 Å². The smallest absolute Gasteiger partial charge is 0.222 e. The number of nitrogens with one attached hydrogen (secondary N) is 1. The lowest BCUT2D eigenvalue weighted by molar-refractivity contribution is -0.131. The van der Waals surface area contributed by atoms with Gasteiger partial charge in [-0.1, -0.05) is 13.8 Å². The zero-order chi connectivity index (χ0) is 12.8. The minimum atomic E-state index is 0.413. The first-order valence-electron chi connectivity index (χ1n) is 7.57. The van der Waals surface area contributed by atoms with Crippen molar-refractivity contribution in [2.45, 2.75) is 39.5 Å². The van der Waals surface area contributed by atoms with Crippen molar-refractivity contribution in [3.63, 3.8) is 0 Å². The molecule has 0 aromatic carbocycles. The maximum absolute atomic E-state index is 12.2. The van der Waals surface area contributed by atoms with E-state index in [2.05, 4.69) is 24.1 Å². The monoisotopic (exact) mass is 250 g/mol. The molecule has 2 atom stereocenters. The van der Waals surface area contributed by atoms with Crippen LogP contribution < -0.4 is 5.32 Å². The van der Waals surface area contributed by atoms with Crippen LogP contribution >= 0.6 is 0 Å². The fourth-order valence-corrected chi connectivity index (χ4v) is 3.99. The lowest BCUT2D eigenvalue weighted by Gasteiger charge is -2.25. The molecule has 2 aliphatic heterocycles. The average molecular weight is 250 g/mol. The molecule has 1 aliphatic carbocycles. The fourth-order valence-electron chi connectivity index (χ4n) is 3.99. The van der Waals surface area contributed by atoms with Crippen molar-refractivity contribution in [3.05, 3.63) is 0 Å². The summed E-state index contributed by atoms with van der Waals surface area (Å²) >= 11 is 0. The fraction of sp³-hybridized carbons (Fsp3) is 0.933. The normalized spacial score (nSPS) is 34.4. The molecule has 1 amide bonds. The molecule has 0 radical (unpaired) electrons. The highest BCUT2D eigenvalue weighted by Crippen LogP contribution is 2.61. The second-order valence-corrected chi connectivity index (χ2v) is 7.07. The minimum Gasteiger partial charge on any atom is -0.342 e. The molecule has 0 aromatic heterocycles. The molecule has 3 nitrogen and oxygen atoms in total. The maximum Gasteiger partial charge on any atom is 0.222 e. The van der Waals surface area contributed by atoms with E-state index in [0.717, 1.165) is 56.8 Å². The van der Waals surface area contributed by atoms with Crippen LogP contribution in [0.4, 0.5) is 0 Å². The van der Waals surface area contributed by atoms with Crippen LogP contribution in [0.2, 0.25) is 0 Å². The van der Waals surface area contributed by atoms with Crippen molar-refractivity contribution < 1.29 is 4.79 Å². The highest BCUT2D eigenvalue weighted by Gasteiger charge is 2.62. The van der Waals surface area contributed by atoms with Gasteiger partial charge >= 0.3 is 0 Å². The zero-order valence-electron chi connectivity index (χ0n) is 11.7.